The van der Waals surface area contributed by atoms with Crippen LogP contribution in [0.1, 0.15) is 28.8 Å². The summed E-state index contributed by atoms with van der Waals surface area (Å²) in [4.78, 5) is 14.9. The highest BCUT2D eigenvalue weighted by Gasteiger charge is 2.55. The molecule has 130 valence electrons. The topological polar surface area (TPSA) is 32.3 Å². The summed E-state index contributed by atoms with van der Waals surface area (Å²) in [6.45, 7) is 2.62. The van der Waals surface area contributed by atoms with Gasteiger partial charge in [0.2, 0.25) is 0 Å². The summed E-state index contributed by atoms with van der Waals surface area (Å²) in [5.74, 6) is 0.0237. The van der Waals surface area contributed by atoms with Crippen LogP contribution >= 0.6 is 11.6 Å². The van der Waals surface area contributed by atoms with Gasteiger partial charge >= 0.3 is 0 Å². The standard InChI is InChI=1S/C20H20ClFN2O/c21-17-8-16(6-7-18(17)22)19(25)23-13-20-9-15(10-20)12-24(20)11-14-4-2-1-3-5-14/h1-8,15H,9-13H2,(H,23,25). The molecule has 2 aromatic rings. The van der Waals surface area contributed by atoms with E-state index in [2.05, 4.69) is 34.5 Å². The van der Waals surface area contributed by atoms with Gasteiger partial charge in [-0.05, 0) is 42.5 Å². The average molecular weight is 359 g/mol. The van der Waals surface area contributed by atoms with Gasteiger partial charge in [-0.1, -0.05) is 41.9 Å². The first-order chi connectivity index (χ1) is 12.1. The van der Waals surface area contributed by atoms with Crippen molar-refractivity contribution in [3.63, 3.8) is 0 Å². The summed E-state index contributed by atoms with van der Waals surface area (Å²) in [5, 5.41) is 2.99. The third-order valence-corrected chi connectivity index (χ3v) is 5.75. The molecule has 3 nitrogen and oxygen atoms in total. The van der Waals surface area contributed by atoms with E-state index < -0.39 is 5.82 Å². The summed E-state index contributed by atoms with van der Waals surface area (Å²) in [7, 11) is 0. The molecule has 1 N–H and O–H groups in total. The zero-order valence-corrected chi connectivity index (χ0v) is 14.6. The molecule has 25 heavy (non-hydrogen) atoms. The lowest BCUT2D eigenvalue weighted by atomic mass is 9.73. The maximum atomic E-state index is 13.2. The summed E-state index contributed by atoms with van der Waals surface area (Å²) in [5.41, 5.74) is 1.75. The van der Waals surface area contributed by atoms with Crippen molar-refractivity contribution in [3.05, 3.63) is 70.5 Å². The minimum absolute atomic E-state index is 0.0268. The molecule has 1 amide bonds. The van der Waals surface area contributed by atoms with Crippen molar-refractivity contribution in [2.24, 2.45) is 5.92 Å². The zero-order chi connectivity index (χ0) is 17.4. The Labute approximate surface area is 151 Å². The molecular weight excluding hydrogens is 339 g/mol. The Balaban J connectivity index is 1.41. The van der Waals surface area contributed by atoms with Crippen LogP contribution in [0.5, 0.6) is 0 Å². The highest BCUT2D eigenvalue weighted by molar-refractivity contribution is 6.31. The summed E-state index contributed by atoms with van der Waals surface area (Å²) in [6, 6.07) is 14.5. The van der Waals surface area contributed by atoms with Crippen LogP contribution in [-0.4, -0.2) is 29.4 Å². The molecule has 2 aromatic carbocycles. The van der Waals surface area contributed by atoms with Crippen molar-refractivity contribution in [3.8, 4) is 0 Å². The minimum atomic E-state index is -0.511. The van der Waals surface area contributed by atoms with Crippen LogP contribution in [0.25, 0.3) is 0 Å². The molecule has 0 unspecified atom stereocenters. The first-order valence-electron chi connectivity index (χ1n) is 8.58. The normalized spacial score (nSPS) is 24.8. The lowest BCUT2D eigenvalue weighted by Gasteiger charge is -2.42. The monoisotopic (exact) mass is 358 g/mol. The van der Waals surface area contributed by atoms with Gasteiger partial charge in [0, 0.05) is 30.7 Å². The summed E-state index contributed by atoms with van der Waals surface area (Å²) >= 11 is 5.77. The number of rotatable bonds is 5. The van der Waals surface area contributed by atoms with Crippen molar-refractivity contribution in [1.29, 1.82) is 0 Å². The maximum Gasteiger partial charge on any atom is 0.251 e. The van der Waals surface area contributed by atoms with E-state index in [1.54, 1.807) is 0 Å². The van der Waals surface area contributed by atoms with Gasteiger partial charge in [-0.2, -0.15) is 0 Å². The second kappa shape index (κ2) is 6.43. The van der Waals surface area contributed by atoms with Gasteiger partial charge in [0.1, 0.15) is 5.82 Å². The second-order valence-corrected chi connectivity index (χ2v) is 7.58. The highest BCUT2D eigenvalue weighted by Crippen LogP contribution is 2.50. The van der Waals surface area contributed by atoms with Gasteiger partial charge in [0.15, 0.2) is 0 Å². The van der Waals surface area contributed by atoms with Crippen LogP contribution in [0.3, 0.4) is 0 Å². The van der Waals surface area contributed by atoms with Gasteiger partial charge in [0.05, 0.1) is 5.02 Å². The highest BCUT2D eigenvalue weighted by atomic mass is 35.5. The predicted octanol–water partition coefficient (Wildman–Crippen LogP) is 3.87. The average Bonchev–Trinajstić information content (AvgIpc) is 3.10. The van der Waals surface area contributed by atoms with Gasteiger partial charge in [-0.3, -0.25) is 9.69 Å². The fourth-order valence-electron chi connectivity index (χ4n) is 4.18. The molecule has 2 bridgehead atoms. The van der Waals surface area contributed by atoms with Crippen LogP contribution in [0, 0.1) is 11.7 Å². The number of fused-ring (bicyclic) bond motifs is 1. The van der Waals surface area contributed by atoms with E-state index in [4.69, 9.17) is 11.6 Å². The number of benzene rings is 2. The van der Waals surface area contributed by atoms with Crippen molar-refractivity contribution in [2.75, 3.05) is 13.1 Å². The molecule has 5 rings (SSSR count). The third kappa shape index (κ3) is 3.16. The second-order valence-electron chi connectivity index (χ2n) is 7.18. The number of hydrogen-bond acceptors (Lipinski definition) is 2. The molecule has 2 aliphatic heterocycles. The molecule has 0 aromatic heterocycles. The number of nitrogens with zero attached hydrogens (tertiary/aromatic N) is 1. The first-order valence-corrected chi connectivity index (χ1v) is 8.96. The minimum Gasteiger partial charge on any atom is -0.350 e. The van der Waals surface area contributed by atoms with E-state index >= 15 is 0 Å². The Morgan fingerprint density at radius 2 is 2.00 bits per heavy atom. The molecule has 0 spiro atoms. The van der Waals surface area contributed by atoms with Crippen LogP contribution < -0.4 is 5.32 Å². The van der Waals surface area contributed by atoms with E-state index in [0.717, 1.165) is 31.8 Å². The van der Waals surface area contributed by atoms with Crippen molar-refractivity contribution in [2.45, 2.75) is 24.9 Å². The van der Waals surface area contributed by atoms with Crippen LogP contribution in [-0.2, 0) is 6.54 Å². The van der Waals surface area contributed by atoms with Crippen molar-refractivity contribution < 1.29 is 9.18 Å². The van der Waals surface area contributed by atoms with Crippen molar-refractivity contribution >= 4 is 17.5 Å². The molecule has 0 atom stereocenters. The molecule has 1 aliphatic carbocycles. The molecule has 2 heterocycles. The van der Waals surface area contributed by atoms with Crippen LogP contribution in [0.4, 0.5) is 4.39 Å². The first kappa shape index (κ1) is 16.6. The number of carbonyl (C=O) groups excluding carboxylic acids is 1. The fourth-order valence-corrected chi connectivity index (χ4v) is 4.36. The number of hydrogen-bond donors (Lipinski definition) is 1. The van der Waals surface area contributed by atoms with Gasteiger partial charge in [0.25, 0.3) is 5.91 Å². The molecule has 1 saturated carbocycles. The quantitative estimate of drug-likeness (QED) is 0.879. The number of nitrogens with one attached hydrogen (secondary N) is 1. The van der Waals surface area contributed by atoms with E-state index in [-0.39, 0.29) is 16.5 Å². The molecule has 0 radical (unpaired) electrons. The number of carbonyl (C=O) groups is 1. The van der Waals surface area contributed by atoms with E-state index in [1.807, 2.05) is 6.07 Å². The Kier molecular flexibility index (Phi) is 4.26. The Morgan fingerprint density at radius 3 is 2.72 bits per heavy atom. The van der Waals surface area contributed by atoms with Crippen LogP contribution in [0.2, 0.25) is 5.02 Å². The van der Waals surface area contributed by atoms with E-state index in [1.165, 1.54) is 23.8 Å². The van der Waals surface area contributed by atoms with E-state index in [9.17, 15) is 9.18 Å². The van der Waals surface area contributed by atoms with Gasteiger partial charge < -0.3 is 5.32 Å². The molecule has 5 heteroatoms. The Bertz CT molecular complexity index is 790. The number of halogens is 2. The van der Waals surface area contributed by atoms with Crippen LogP contribution in [0.15, 0.2) is 48.5 Å². The molecule has 3 fully saturated rings. The summed E-state index contributed by atoms with van der Waals surface area (Å²) in [6.07, 6.45) is 2.26. The fraction of sp³-hybridized carbons (Fsp3) is 0.350. The SMILES string of the molecule is O=C(NCC12CC(CN1Cc1ccccc1)C2)c1ccc(F)c(Cl)c1. The lowest BCUT2D eigenvalue weighted by molar-refractivity contribution is 0.0798. The molecular formula is C20H20ClFN2O. The van der Waals surface area contributed by atoms with Crippen molar-refractivity contribution in [1.82, 2.24) is 10.2 Å². The Hall–Kier alpha value is -1.91. The molecule has 2 saturated heterocycles. The lowest BCUT2D eigenvalue weighted by Crippen LogP contribution is -2.53. The predicted molar refractivity (Wildman–Crippen MR) is 96.1 cm³/mol. The number of amides is 1. The largest absolute Gasteiger partial charge is 0.350 e. The Morgan fingerprint density at radius 1 is 1.24 bits per heavy atom. The third-order valence-electron chi connectivity index (χ3n) is 5.46. The maximum absolute atomic E-state index is 13.2. The smallest absolute Gasteiger partial charge is 0.251 e. The van der Waals surface area contributed by atoms with Gasteiger partial charge in [-0.15, -0.1) is 0 Å². The molecule has 3 aliphatic rings. The van der Waals surface area contributed by atoms with E-state index in [0.29, 0.717) is 12.1 Å². The van der Waals surface area contributed by atoms with Gasteiger partial charge in [-0.25, -0.2) is 4.39 Å². The zero-order valence-electron chi connectivity index (χ0n) is 13.8. The summed E-state index contributed by atoms with van der Waals surface area (Å²) < 4.78 is 13.2.